The van der Waals surface area contributed by atoms with E-state index in [0.29, 0.717) is 16.9 Å². The number of oxazole rings is 1. The molecule has 18 heteroatoms. The molecular weight excluding hydrogens is 1400 g/mol. The molecule has 0 bridgehead atoms. The van der Waals surface area contributed by atoms with Crippen LogP contribution in [-0.4, -0.2) is 28.4 Å². The third kappa shape index (κ3) is 41.6. The number of azide groups is 1. The van der Waals surface area contributed by atoms with Gasteiger partial charge in [0.25, 0.3) is 6.01 Å². The van der Waals surface area contributed by atoms with E-state index in [9.17, 15) is 9.59 Å². The molecule has 9 rings (SSSR count). The summed E-state index contributed by atoms with van der Waals surface area (Å²) in [5.74, 6) is 0.725. The van der Waals surface area contributed by atoms with Crippen molar-refractivity contribution >= 4 is 112 Å². The van der Waals surface area contributed by atoms with Gasteiger partial charge in [0, 0.05) is 70.8 Å². The Hall–Kier alpha value is -6.06. The van der Waals surface area contributed by atoms with Gasteiger partial charge in [0.2, 0.25) is 0 Å². The third-order valence-electron chi connectivity index (χ3n) is 9.13. The fourth-order valence-corrected chi connectivity index (χ4v) is 8.97. The molecule has 0 fully saturated rings. The third-order valence-corrected chi connectivity index (χ3v) is 12.7. The van der Waals surface area contributed by atoms with Gasteiger partial charge in [-0.25, -0.2) is 4.98 Å². The Morgan fingerprint density at radius 3 is 1.24 bits per heavy atom. The minimum atomic E-state index is -0.446. The minimum absolute atomic E-state index is 0. The number of alkyl halides is 1. The first-order valence-corrected chi connectivity index (χ1v) is 36.2. The number of nitrogens with zero attached hydrogens (tertiary/aromatic N) is 8. The van der Waals surface area contributed by atoms with E-state index in [0.717, 1.165) is 27.5 Å². The number of anilines is 2. The van der Waals surface area contributed by atoms with Crippen molar-refractivity contribution in [3.05, 3.63) is 286 Å². The molecule has 0 unspecified atom stereocenters. The number of ketones is 2. The van der Waals surface area contributed by atoms with Gasteiger partial charge in [-0.1, -0.05) is 316 Å². The van der Waals surface area contributed by atoms with Gasteiger partial charge in [0.15, 0.2) is 17.3 Å². The summed E-state index contributed by atoms with van der Waals surface area (Å²) in [4.78, 5) is 31.3. The second-order valence-corrected chi connectivity index (χ2v) is 17.6. The quantitative estimate of drug-likeness (QED) is 0.0120. The first kappa shape index (κ1) is 87.7. The molecule has 0 radical (unpaired) electrons. The van der Waals surface area contributed by atoms with Gasteiger partial charge < -0.3 is 20.8 Å². The topological polar surface area (TPSA) is 203 Å². The van der Waals surface area contributed by atoms with Gasteiger partial charge in [-0.15, -0.1) is 0 Å². The summed E-state index contributed by atoms with van der Waals surface area (Å²) in [6.07, 6.45) is 1.72. The van der Waals surface area contributed by atoms with E-state index in [4.69, 9.17) is 26.3 Å². The molecule has 0 aliphatic rings. The van der Waals surface area contributed by atoms with Crippen LogP contribution in [0.5, 0.6) is 0 Å². The summed E-state index contributed by atoms with van der Waals surface area (Å²) >= 11 is 8.52. The molecule has 85 heavy (non-hydrogen) atoms. The average Bonchev–Trinajstić information content (AvgIpc) is 3.82. The molecule has 0 amide bonds. The van der Waals surface area contributed by atoms with Gasteiger partial charge >= 0.3 is 29.6 Å². The second kappa shape index (κ2) is 65.5. The smallest absolute Gasteiger partial charge is 0.423 e. The molecule has 0 aliphatic heterocycles. The molecule has 9 aromatic rings. The summed E-state index contributed by atoms with van der Waals surface area (Å²) in [5.41, 5.74) is 24.8. The molecule has 0 saturated carbocycles. The summed E-state index contributed by atoms with van der Waals surface area (Å²) in [5, 5.41) is 21.1. The van der Waals surface area contributed by atoms with Crippen LogP contribution in [0.3, 0.4) is 0 Å². The number of halogens is 3. The molecular formula is C67H82BrI2N9NaO3PS. The van der Waals surface area contributed by atoms with Crippen LogP contribution in [0.25, 0.3) is 37.7 Å². The maximum atomic E-state index is 11.1. The van der Waals surface area contributed by atoms with Crippen LogP contribution in [0.4, 0.5) is 11.7 Å². The molecule has 0 saturated heterocycles. The van der Waals surface area contributed by atoms with Crippen LogP contribution in [0.15, 0.2) is 263 Å². The number of thiocyanates is 1. The van der Waals surface area contributed by atoms with Crippen molar-refractivity contribution in [2.45, 2.75) is 81.6 Å². The van der Waals surface area contributed by atoms with Crippen LogP contribution >= 0.6 is 72.8 Å². The van der Waals surface area contributed by atoms with Crippen LogP contribution in [0.1, 0.15) is 98.8 Å². The van der Waals surface area contributed by atoms with Gasteiger partial charge in [-0.2, -0.15) is 5.26 Å². The second-order valence-electron chi connectivity index (χ2n) is 13.9. The van der Waals surface area contributed by atoms with Crippen LogP contribution in [0.2, 0.25) is 0 Å². The van der Waals surface area contributed by atoms with Crippen molar-refractivity contribution in [2.24, 2.45) is 5.11 Å². The van der Waals surface area contributed by atoms with Gasteiger partial charge in [0.05, 0.1) is 18.1 Å². The molecule has 0 atom stereocenters. The van der Waals surface area contributed by atoms with Crippen molar-refractivity contribution in [1.82, 2.24) is 4.98 Å². The molecule has 446 valence electrons. The van der Waals surface area contributed by atoms with E-state index in [1.54, 1.807) is 30.5 Å². The molecule has 1 heterocycles. The Labute approximate surface area is 568 Å². The zero-order chi connectivity index (χ0) is 62.6. The van der Waals surface area contributed by atoms with Gasteiger partial charge in [-0.3, -0.25) is 14.5 Å². The zero-order valence-corrected chi connectivity index (χ0v) is 59.5. The molecule has 0 aliphatic carbocycles. The number of hydrogen-bond donors (Lipinski definition) is 1. The number of nitriles is 1. The summed E-state index contributed by atoms with van der Waals surface area (Å²) in [6.45, 7) is 19.9. The standard InChI is InChI=1S/C18H15P.C15H12N2O.C8H7BrO.C8H7N3O.C7H5NS.5C2H6.CH4.I2.N3.Na.H2/c1-4-10-16(11-5-1)19(17-12-6-2-7-13-17)18-14-8-3-9-15-18;1-3-7-12(8-4-1)14-11-16-15(18-14)17-13-9-5-2-6-10-13;9-6-8(10)7-4-2-1-3-5-7;9-11-10-6-8(12)7-4-2-1-3-5-7;8-6-9-7-4-2-1-3-5-7;5*1-2;;1-2;1-3-2;;/h1-15H;1-11H,(H,16,17);1-5H,6H2;1-5H,6H2;1-5H;5*1-2H3;1H4;;;;1H/q;;;;;;;;;;;;-1;+1;/i;;;;;;;;;;;;;;1+1. The van der Waals surface area contributed by atoms with Crippen LogP contribution in [0, 0.1) is 10.7 Å². The number of carbonyl (C=O) groups is 2. The fraction of sp³-hybridized carbons (Fsp3) is 0.194. The number of carbonyl (C=O) groups excluding carboxylic acids is 2. The maximum absolute atomic E-state index is 11.1. The first-order chi connectivity index (χ1) is 40.9. The SMILES string of the molecule is C.CC.CC.CC.CC.CC.II.N#CSc1ccccc1.O=C(CBr)c1ccccc1.[2HH].[N-]=[N+]=NCC(=O)c1ccccc1.[N-]=[N+]=[N-].[Na+].c1ccc(Nc2ncc(-c3ccccc3)o2)cc1.c1ccc(P(c2ccccc2)c2ccccc2)cc1. The number of Topliss-reactive ketones (excluding diaryl/α,β-unsaturated/α-hetero) is 2. The molecule has 1 aromatic heterocycles. The largest absolute Gasteiger partial charge is 1.00 e. The van der Waals surface area contributed by atoms with Gasteiger partial charge in [-0.05, 0) is 65.4 Å². The Morgan fingerprint density at radius 2 is 0.894 bits per heavy atom. The van der Waals surface area contributed by atoms with E-state index >= 15 is 0 Å². The monoisotopic (exact) mass is 1480 g/mol. The fourth-order valence-electron chi connectivity index (χ4n) is 5.94. The van der Waals surface area contributed by atoms with Crippen molar-refractivity contribution < 1.29 is 45.0 Å². The normalized spacial score (nSPS) is 8.25. The van der Waals surface area contributed by atoms with Gasteiger partial charge in [0.1, 0.15) is 5.40 Å². The molecule has 1 N–H and O–H groups in total. The number of rotatable bonds is 12. The van der Waals surface area contributed by atoms with Crippen LogP contribution in [-0.2, 0) is 0 Å². The van der Waals surface area contributed by atoms with Crippen molar-refractivity contribution in [1.29, 1.82) is 5.26 Å². The Balaban J connectivity index is -0.000000223. The molecule has 12 nitrogen and oxygen atoms in total. The number of aromatic nitrogens is 1. The summed E-state index contributed by atoms with van der Waals surface area (Å²) in [7, 11) is -0.446. The Morgan fingerprint density at radius 1 is 0.576 bits per heavy atom. The predicted octanol–water partition coefficient (Wildman–Crippen LogP) is 19.9. The number of para-hydroxylation sites is 1. The number of benzene rings is 8. The van der Waals surface area contributed by atoms with E-state index in [1.165, 1.54) is 32.6 Å². The Bertz CT molecular complexity index is 2940. The average molecular weight is 1480 g/mol. The first-order valence-electron chi connectivity index (χ1n) is 26.7. The van der Waals surface area contributed by atoms with E-state index < -0.39 is 7.92 Å². The van der Waals surface area contributed by atoms with E-state index in [-0.39, 0.29) is 56.5 Å². The number of nitrogens with one attached hydrogen (secondary N) is 1. The maximum Gasteiger partial charge on any atom is 1.00 e. The number of hydrogen-bond acceptors (Lipinski definition) is 8. The van der Waals surface area contributed by atoms with Crippen molar-refractivity contribution in [3.8, 4) is 16.7 Å². The minimum Gasteiger partial charge on any atom is -0.423 e. The summed E-state index contributed by atoms with van der Waals surface area (Å²) < 4.78 is 5.65. The Kier molecular flexibility index (Phi) is 67.6. The molecule has 0 spiro atoms. The van der Waals surface area contributed by atoms with Crippen molar-refractivity contribution in [2.75, 3.05) is 17.2 Å². The van der Waals surface area contributed by atoms with E-state index in [2.05, 4.69) is 164 Å². The predicted molar refractivity (Wildman–Crippen MR) is 388 cm³/mol. The van der Waals surface area contributed by atoms with E-state index in [1.807, 2.05) is 202 Å². The summed E-state index contributed by atoms with van der Waals surface area (Å²) in [6, 6.07) is 80.1. The van der Waals surface area contributed by atoms with Crippen molar-refractivity contribution in [3.63, 3.8) is 0 Å². The molecule has 8 aromatic carbocycles. The number of thioether (sulfide) groups is 1. The zero-order valence-electron chi connectivity index (χ0n) is 49.9. The van der Waals surface area contributed by atoms with Crippen LogP contribution < -0.4 is 50.8 Å².